The molecule has 0 heterocycles. The lowest BCUT2D eigenvalue weighted by atomic mass is 9.91. The normalized spacial score (nSPS) is 13.9. The SMILES string of the molecule is CCCC(N)C(CCC)C(=O)NCC(=O)NC(C(=O)N(C)C)c1ccccc1. The Balaban J connectivity index is 2.74. The molecule has 0 radical (unpaired) electrons. The van der Waals surface area contributed by atoms with Gasteiger partial charge in [-0.3, -0.25) is 14.4 Å². The molecular weight excluding hydrogens is 356 g/mol. The summed E-state index contributed by atoms with van der Waals surface area (Å²) in [4.78, 5) is 38.8. The summed E-state index contributed by atoms with van der Waals surface area (Å²) in [6.45, 7) is 3.84. The summed E-state index contributed by atoms with van der Waals surface area (Å²) in [6.07, 6.45) is 3.19. The van der Waals surface area contributed by atoms with Crippen molar-refractivity contribution in [2.45, 2.75) is 51.6 Å². The fourth-order valence-corrected chi connectivity index (χ4v) is 3.09. The molecule has 3 unspecified atom stereocenters. The summed E-state index contributed by atoms with van der Waals surface area (Å²) in [5.41, 5.74) is 6.83. The van der Waals surface area contributed by atoms with E-state index in [2.05, 4.69) is 10.6 Å². The van der Waals surface area contributed by atoms with Gasteiger partial charge in [0.1, 0.15) is 6.04 Å². The van der Waals surface area contributed by atoms with Gasteiger partial charge < -0.3 is 21.3 Å². The molecule has 0 saturated heterocycles. The Morgan fingerprint density at radius 3 is 2.18 bits per heavy atom. The first-order valence-electron chi connectivity index (χ1n) is 9.90. The molecule has 0 fully saturated rings. The molecule has 7 heteroatoms. The average molecular weight is 391 g/mol. The predicted octanol–water partition coefficient (Wildman–Crippen LogP) is 1.59. The van der Waals surface area contributed by atoms with Crippen molar-refractivity contribution in [2.75, 3.05) is 20.6 Å². The quantitative estimate of drug-likeness (QED) is 0.534. The molecule has 3 amide bonds. The van der Waals surface area contributed by atoms with Crippen LogP contribution in [0.3, 0.4) is 0 Å². The van der Waals surface area contributed by atoms with E-state index < -0.39 is 11.9 Å². The fraction of sp³-hybridized carbons (Fsp3) is 0.571. The Hall–Kier alpha value is -2.41. The molecule has 156 valence electrons. The number of likely N-dealkylation sites (N-methyl/N-ethyl adjacent to an activating group) is 1. The highest BCUT2D eigenvalue weighted by atomic mass is 16.2. The zero-order chi connectivity index (χ0) is 21.1. The van der Waals surface area contributed by atoms with Crippen molar-refractivity contribution < 1.29 is 14.4 Å². The lowest BCUT2D eigenvalue weighted by Gasteiger charge is -2.24. The third-order valence-corrected chi connectivity index (χ3v) is 4.62. The molecule has 1 aromatic carbocycles. The van der Waals surface area contributed by atoms with Crippen molar-refractivity contribution in [3.63, 3.8) is 0 Å². The van der Waals surface area contributed by atoms with E-state index in [-0.39, 0.29) is 30.3 Å². The molecular formula is C21H34N4O3. The summed E-state index contributed by atoms with van der Waals surface area (Å²) in [7, 11) is 3.27. The number of hydrogen-bond donors (Lipinski definition) is 3. The molecule has 1 rings (SSSR count). The highest BCUT2D eigenvalue weighted by Gasteiger charge is 2.26. The van der Waals surface area contributed by atoms with Gasteiger partial charge in [0.15, 0.2) is 0 Å². The lowest BCUT2D eigenvalue weighted by Crippen LogP contribution is -2.47. The molecule has 0 saturated carbocycles. The summed E-state index contributed by atoms with van der Waals surface area (Å²) < 4.78 is 0. The van der Waals surface area contributed by atoms with Gasteiger partial charge in [0.25, 0.3) is 0 Å². The molecule has 0 spiro atoms. The Kier molecular flexibility index (Phi) is 10.2. The van der Waals surface area contributed by atoms with Crippen LogP contribution in [-0.4, -0.2) is 49.3 Å². The van der Waals surface area contributed by atoms with Crippen LogP contribution < -0.4 is 16.4 Å². The fourth-order valence-electron chi connectivity index (χ4n) is 3.09. The van der Waals surface area contributed by atoms with Crippen molar-refractivity contribution >= 4 is 17.7 Å². The summed E-state index contributed by atoms with van der Waals surface area (Å²) in [6, 6.07) is 8.01. The number of carbonyl (C=O) groups is 3. The van der Waals surface area contributed by atoms with Crippen LogP contribution in [0.4, 0.5) is 0 Å². The molecule has 28 heavy (non-hydrogen) atoms. The van der Waals surface area contributed by atoms with E-state index in [0.29, 0.717) is 12.0 Å². The third kappa shape index (κ3) is 7.31. The minimum atomic E-state index is -0.797. The van der Waals surface area contributed by atoms with Crippen LogP contribution in [0.25, 0.3) is 0 Å². The van der Waals surface area contributed by atoms with Gasteiger partial charge in [-0.05, 0) is 18.4 Å². The van der Waals surface area contributed by atoms with Crippen LogP contribution in [0.2, 0.25) is 0 Å². The van der Waals surface area contributed by atoms with Crippen molar-refractivity contribution in [3.8, 4) is 0 Å². The number of benzene rings is 1. The average Bonchev–Trinajstić information content (AvgIpc) is 2.68. The van der Waals surface area contributed by atoms with E-state index in [4.69, 9.17) is 5.73 Å². The Morgan fingerprint density at radius 2 is 1.64 bits per heavy atom. The Labute approximate surface area is 168 Å². The van der Waals surface area contributed by atoms with E-state index in [1.165, 1.54) is 4.90 Å². The van der Waals surface area contributed by atoms with Gasteiger partial charge >= 0.3 is 0 Å². The van der Waals surface area contributed by atoms with Gasteiger partial charge in [-0.2, -0.15) is 0 Å². The van der Waals surface area contributed by atoms with Crippen molar-refractivity contribution in [2.24, 2.45) is 11.7 Å². The second kappa shape index (κ2) is 12.1. The van der Waals surface area contributed by atoms with Crippen LogP contribution in [0.1, 0.15) is 51.1 Å². The number of amides is 3. The second-order valence-corrected chi connectivity index (χ2v) is 7.21. The monoisotopic (exact) mass is 390 g/mol. The number of nitrogens with one attached hydrogen (secondary N) is 2. The minimum Gasteiger partial charge on any atom is -0.347 e. The van der Waals surface area contributed by atoms with Gasteiger partial charge in [0.2, 0.25) is 17.7 Å². The zero-order valence-corrected chi connectivity index (χ0v) is 17.4. The van der Waals surface area contributed by atoms with Crippen LogP contribution in [0.15, 0.2) is 30.3 Å². The standard InChI is InChI=1S/C21H34N4O3/c1-5-10-16(17(22)11-6-2)20(27)23-14-18(26)24-19(21(28)25(3)4)15-12-8-7-9-13-15/h7-9,12-13,16-17,19H,5-6,10-11,14,22H2,1-4H3,(H,23,27)(H,24,26). The molecule has 0 aliphatic heterocycles. The van der Waals surface area contributed by atoms with Gasteiger partial charge in [0.05, 0.1) is 12.5 Å². The third-order valence-electron chi connectivity index (χ3n) is 4.62. The second-order valence-electron chi connectivity index (χ2n) is 7.21. The van der Waals surface area contributed by atoms with Crippen LogP contribution >= 0.6 is 0 Å². The summed E-state index contributed by atoms with van der Waals surface area (Å²) >= 11 is 0. The molecule has 1 aromatic rings. The molecule has 0 aliphatic carbocycles. The molecule has 3 atom stereocenters. The number of rotatable bonds is 11. The smallest absolute Gasteiger partial charge is 0.249 e. The van der Waals surface area contributed by atoms with E-state index in [1.54, 1.807) is 26.2 Å². The van der Waals surface area contributed by atoms with Crippen molar-refractivity contribution in [3.05, 3.63) is 35.9 Å². The number of carbonyl (C=O) groups excluding carboxylic acids is 3. The van der Waals surface area contributed by atoms with E-state index in [1.807, 2.05) is 32.0 Å². The summed E-state index contributed by atoms with van der Waals surface area (Å²) in [5.74, 6) is -1.18. The molecule has 7 nitrogen and oxygen atoms in total. The van der Waals surface area contributed by atoms with E-state index >= 15 is 0 Å². The van der Waals surface area contributed by atoms with E-state index in [0.717, 1.165) is 19.3 Å². The van der Waals surface area contributed by atoms with Crippen molar-refractivity contribution in [1.29, 1.82) is 0 Å². The maximum Gasteiger partial charge on any atom is 0.249 e. The van der Waals surface area contributed by atoms with Crippen LogP contribution in [0.5, 0.6) is 0 Å². The van der Waals surface area contributed by atoms with Crippen molar-refractivity contribution in [1.82, 2.24) is 15.5 Å². The van der Waals surface area contributed by atoms with Crippen LogP contribution in [0, 0.1) is 5.92 Å². The molecule has 0 aromatic heterocycles. The number of nitrogens with two attached hydrogens (primary N) is 1. The largest absolute Gasteiger partial charge is 0.347 e. The van der Waals surface area contributed by atoms with Gasteiger partial charge in [-0.1, -0.05) is 57.0 Å². The minimum absolute atomic E-state index is 0.193. The highest BCUT2D eigenvalue weighted by Crippen LogP contribution is 2.16. The Morgan fingerprint density at radius 1 is 1.04 bits per heavy atom. The number of nitrogens with zero attached hydrogens (tertiary/aromatic N) is 1. The van der Waals surface area contributed by atoms with Gasteiger partial charge in [0, 0.05) is 20.1 Å². The molecule has 4 N–H and O–H groups in total. The first kappa shape index (κ1) is 23.6. The summed E-state index contributed by atoms with van der Waals surface area (Å²) in [5, 5.41) is 5.39. The van der Waals surface area contributed by atoms with E-state index in [9.17, 15) is 14.4 Å². The number of hydrogen-bond acceptors (Lipinski definition) is 4. The predicted molar refractivity (Wildman–Crippen MR) is 110 cm³/mol. The van der Waals surface area contributed by atoms with Crippen LogP contribution in [-0.2, 0) is 14.4 Å². The topological polar surface area (TPSA) is 105 Å². The molecule has 0 bridgehead atoms. The maximum absolute atomic E-state index is 12.5. The maximum atomic E-state index is 12.5. The van der Waals surface area contributed by atoms with Gasteiger partial charge in [-0.15, -0.1) is 0 Å². The Bertz CT molecular complexity index is 634. The molecule has 0 aliphatic rings. The first-order chi connectivity index (χ1) is 13.3. The van der Waals surface area contributed by atoms with Gasteiger partial charge in [-0.25, -0.2) is 0 Å². The zero-order valence-electron chi connectivity index (χ0n) is 17.4. The highest BCUT2D eigenvalue weighted by molar-refractivity contribution is 5.91. The first-order valence-corrected chi connectivity index (χ1v) is 9.90. The lowest BCUT2D eigenvalue weighted by molar-refractivity contribution is -0.135.